The van der Waals surface area contributed by atoms with Crippen LogP contribution < -0.4 is 19.7 Å². The van der Waals surface area contributed by atoms with Crippen molar-refractivity contribution >= 4 is 17.4 Å². The molecule has 0 fully saturated rings. The van der Waals surface area contributed by atoms with E-state index in [0.717, 1.165) is 23.4 Å². The van der Waals surface area contributed by atoms with Crippen LogP contribution in [0, 0.1) is 0 Å². The molecule has 2 rings (SSSR count). The van der Waals surface area contributed by atoms with Gasteiger partial charge in [-0.25, -0.2) is 0 Å². The topological polar surface area (TPSA) is 69.1 Å². The molecule has 1 amide bonds. The highest BCUT2D eigenvalue weighted by atomic mass is 16.5. The number of ether oxygens (including phenoxy) is 2. The molecule has 0 aromatic heterocycles. The third-order valence-corrected chi connectivity index (χ3v) is 4.93. The summed E-state index contributed by atoms with van der Waals surface area (Å²) < 4.78 is 10.6. The first-order valence-corrected chi connectivity index (χ1v) is 9.30. The van der Waals surface area contributed by atoms with Crippen molar-refractivity contribution in [1.82, 2.24) is 0 Å². The summed E-state index contributed by atoms with van der Waals surface area (Å²) in [4.78, 5) is 25.2. The predicted molar refractivity (Wildman–Crippen MR) is 110 cm³/mol. The van der Waals surface area contributed by atoms with Gasteiger partial charge in [0.15, 0.2) is 23.3 Å². The highest BCUT2D eigenvalue weighted by Gasteiger charge is 2.22. The number of Topliss-reactive ketones (excluding diaryl/α,β-unsaturated/α-hetero) is 1. The zero-order chi connectivity index (χ0) is 20.7. The van der Waals surface area contributed by atoms with Gasteiger partial charge in [0.05, 0.1) is 27.8 Å². The lowest BCUT2D eigenvalue weighted by molar-refractivity contribution is -0.893. The van der Waals surface area contributed by atoms with E-state index in [0.29, 0.717) is 22.7 Å². The second-order valence-corrected chi connectivity index (χ2v) is 6.88. The van der Waals surface area contributed by atoms with Crippen LogP contribution in [0.1, 0.15) is 29.8 Å². The molecule has 2 atom stereocenters. The summed E-state index contributed by atoms with van der Waals surface area (Å²) in [6, 6.07) is 12.6. The minimum Gasteiger partial charge on any atom is -0.493 e. The van der Waals surface area contributed by atoms with Gasteiger partial charge < -0.3 is 19.7 Å². The van der Waals surface area contributed by atoms with E-state index in [1.165, 1.54) is 6.92 Å². The summed E-state index contributed by atoms with van der Waals surface area (Å²) in [5.74, 6) is 1.30. The van der Waals surface area contributed by atoms with Gasteiger partial charge in [-0.1, -0.05) is 18.2 Å². The zero-order valence-corrected chi connectivity index (χ0v) is 17.2. The number of quaternary nitrogens is 1. The number of hydrogen-bond acceptors (Lipinski definition) is 4. The molecule has 0 aliphatic rings. The van der Waals surface area contributed by atoms with Gasteiger partial charge in [-0.15, -0.1) is 0 Å². The quantitative estimate of drug-likeness (QED) is 0.648. The van der Waals surface area contributed by atoms with Crippen molar-refractivity contribution in [3.05, 3.63) is 53.6 Å². The van der Waals surface area contributed by atoms with Crippen LogP contribution in [0.5, 0.6) is 11.5 Å². The molecular formula is C22H29N2O4+. The third kappa shape index (κ3) is 5.57. The van der Waals surface area contributed by atoms with Gasteiger partial charge in [0, 0.05) is 17.7 Å². The number of rotatable bonds is 9. The largest absolute Gasteiger partial charge is 0.493 e. The highest BCUT2D eigenvalue weighted by molar-refractivity contribution is 5.97. The van der Waals surface area contributed by atoms with Crippen molar-refractivity contribution in [3.8, 4) is 11.5 Å². The molecule has 6 nitrogen and oxygen atoms in total. The molecule has 2 N–H and O–H groups in total. The minimum atomic E-state index is -0.235. The summed E-state index contributed by atoms with van der Waals surface area (Å²) in [5, 5.41) is 2.90. The maximum Gasteiger partial charge on any atom is 0.282 e. The molecule has 2 aromatic rings. The molecular weight excluding hydrogens is 356 g/mol. The fourth-order valence-corrected chi connectivity index (χ4v) is 2.88. The van der Waals surface area contributed by atoms with Gasteiger partial charge in [0.2, 0.25) is 0 Å². The number of likely N-dealkylation sites (N-methyl/N-ethyl adjacent to an activating group) is 1. The lowest BCUT2D eigenvalue weighted by Crippen LogP contribution is -3.14. The smallest absolute Gasteiger partial charge is 0.282 e. The number of ketones is 1. The molecule has 0 aliphatic carbocycles. The van der Waals surface area contributed by atoms with E-state index in [1.54, 1.807) is 38.5 Å². The Bertz CT molecular complexity index is 835. The van der Waals surface area contributed by atoms with Crippen LogP contribution in [-0.2, 0) is 11.2 Å². The fourth-order valence-electron chi connectivity index (χ4n) is 2.88. The van der Waals surface area contributed by atoms with E-state index in [1.807, 2.05) is 32.2 Å². The first kappa shape index (κ1) is 21.4. The van der Waals surface area contributed by atoms with Crippen LogP contribution in [0.15, 0.2) is 42.5 Å². The number of amides is 1. The van der Waals surface area contributed by atoms with Crippen molar-refractivity contribution in [2.45, 2.75) is 26.3 Å². The Morgan fingerprint density at radius 1 is 1.07 bits per heavy atom. The van der Waals surface area contributed by atoms with Crippen LogP contribution in [-0.4, -0.2) is 45.5 Å². The lowest BCUT2D eigenvalue weighted by Gasteiger charge is -2.21. The highest BCUT2D eigenvalue weighted by Crippen LogP contribution is 2.27. The van der Waals surface area contributed by atoms with Crippen molar-refractivity contribution in [2.75, 3.05) is 33.1 Å². The standard InChI is InChI=1S/C22H28N2O4/c1-15(22(26)23-19-8-6-7-18(14-19)16(2)25)24(3)12-11-17-9-10-20(27-4)21(13-17)28-5/h6-10,13-15H,11-12H2,1-5H3,(H,23,26)/p+1/t15-/m0/s1. The van der Waals surface area contributed by atoms with E-state index in [4.69, 9.17) is 9.47 Å². The second-order valence-electron chi connectivity index (χ2n) is 6.88. The van der Waals surface area contributed by atoms with Gasteiger partial charge in [-0.3, -0.25) is 9.59 Å². The first-order valence-electron chi connectivity index (χ1n) is 9.30. The van der Waals surface area contributed by atoms with Crippen LogP contribution in [0.25, 0.3) is 0 Å². The summed E-state index contributed by atoms with van der Waals surface area (Å²) >= 11 is 0. The average Bonchev–Trinajstić information content (AvgIpc) is 2.71. The summed E-state index contributed by atoms with van der Waals surface area (Å²) in [6.07, 6.45) is 0.809. The van der Waals surface area contributed by atoms with Crippen LogP contribution >= 0.6 is 0 Å². The van der Waals surface area contributed by atoms with Crippen molar-refractivity contribution in [3.63, 3.8) is 0 Å². The summed E-state index contributed by atoms with van der Waals surface area (Å²) in [7, 11) is 5.23. The lowest BCUT2D eigenvalue weighted by atomic mass is 10.1. The number of nitrogens with one attached hydrogen (secondary N) is 2. The van der Waals surface area contributed by atoms with Crippen molar-refractivity contribution < 1.29 is 24.0 Å². The van der Waals surface area contributed by atoms with Gasteiger partial charge in [-0.05, 0) is 43.7 Å². The molecule has 0 bridgehead atoms. The number of benzene rings is 2. The molecule has 0 heterocycles. The molecule has 0 saturated heterocycles. The summed E-state index contributed by atoms with van der Waals surface area (Å²) in [6.45, 7) is 4.20. The van der Waals surface area contributed by atoms with Crippen LogP contribution in [0.4, 0.5) is 5.69 Å². The van der Waals surface area contributed by atoms with E-state index in [-0.39, 0.29) is 17.7 Å². The Kier molecular flexibility index (Phi) is 7.58. The van der Waals surface area contributed by atoms with E-state index in [9.17, 15) is 9.59 Å². The Balaban J connectivity index is 1.94. The fraction of sp³-hybridized carbons (Fsp3) is 0.364. The molecule has 150 valence electrons. The number of carbonyl (C=O) groups excluding carboxylic acids is 2. The van der Waals surface area contributed by atoms with Crippen molar-refractivity contribution in [1.29, 1.82) is 0 Å². The number of hydrogen-bond donors (Lipinski definition) is 2. The molecule has 2 aromatic carbocycles. The van der Waals surface area contributed by atoms with Gasteiger partial charge in [-0.2, -0.15) is 0 Å². The molecule has 0 spiro atoms. The summed E-state index contributed by atoms with van der Waals surface area (Å²) in [5.41, 5.74) is 2.34. The predicted octanol–water partition coefficient (Wildman–Crippen LogP) is 1.99. The second kappa shape index (κ2) is 9.90. The molecule has 28 heavy (non-hydrogen) atoms. The number of anilines is 1. The molecule has 6 heteroatoms. The Morgan fingerprint density at radius 2 is 1.79 bits per heavy atom. The van der Waals surface area contributed by atoms with Crippen molar-refractivity contribution in [2.24, 2.45) is 0 Å². The first-order chi connectivity index (χ1) is 13.3. The minimum absolute atomic E-state index is 0.0261. The SMILES string of the molecule is COc1ccc(CC[NH+](C)[C@@H](C)C(=O)Nc2cccc(C(C)=O)c2)cc1OC. The Hall–Kier alpha value is -2.86. The van der Waals surface area contributed by atoms with Crippen LogP contribution in [0.3, 0.4) is 0 Å². The van der Waals surface area contributed by atoms with Gasteiger partial charge >= 0.3 is 0 Å². The normalized spacial score (nSPS) is 12.8. The Morgan fingerprint density at radius 3 is 2.43 bits per heavy atom. The van der Waals surface area contributed by atoms with E-state index >= 15 is 0 Å². The van der Waals surface area contributed by atoms with Gasteiger partial charge in [0.1, 0.15) is 0 Å². The molecule has 0 saturated carbocycles. The maximum atomic E-state index is 12.6. The average molecular weight is 385 g/mol. The molecule has 0 radical (unpaired) electrons. The third-order valence-electron chi connectivity index (χ3n) is 4.93. The van der Waals surface area contributed by atoms with Crippen LogP contribution in [0.2, 0.25) is 0 Å². The van der Waals surface area contributed by atoms with E-state index < -0.39 is 0 Å². The number of methoxy groups -OCH3 is 2. The van der Waals surface area contributed by atoms with Gasteiger partial charge in [0.25, 0.3) is 5.91 Å². The molecule has 0 aliphatic heterocycles. The molecule has 1 unspecified atom stereocenters. The Labute approximate surface area is 166 Å². The monoisotopic (exact) mass is 385 g/mol. The number of carbonyl (C=O) groups is 2. The maximum absolute atomic E-state index is 12.6. The van der Waals surface area contributed by atoms with E-state index in [2.05, 4.69) is 5.32 Å². The zero-order valence-electron chi connectivity index (χ0n) is 17.2.